The number of benzene rings is 1. The average Bonchev–Trinajstić information content (AvgIpc) is 2.29. The number of nitrogens with one attached hydrogen (secondary N) is 1. The fraction of sp³-hybridized carbons (Fsp3) is 0.357. The predicted octanol–water partition coefficient (Wildman–Crippen LogP) is 2.78. The van der Waals surface area contributed by atoms with Crippen molar-refractivity contribution in [1.82, 2.24) is 10.3 Å². The van der Waals surface area contributed by atoms with E-state index in [1.807, 2.05) is 12.3 Å². The van der Waals surface area contributed by atoms with Gasteiger partial charge in [0.05, 0.1) is 5.52 Å². The molecule has 2 rings (SSSR count). The van der Waals surface area contributed by atoms with Crippen molar-refractivity contribution in [1.29, 1.82) is 0 Å². The monoisotopic (exact) mass is 214 g/mol. The van der Waals surface area contributed by atoms with E-state index in [0.717, 1.165) is 18.5 Å². The second-order valence-electron chi connectivity index (χ2n) is 4.35. The smallest absolute Gasteiger partial charge is 0.0704 e. The third-order valence-corrected chi connectivity index (χ3v) is 2.69. The van der Waals surface area contributed by atoms with Gasteiger partial charge in [-0.15, -0.1) is 0 Å². The van der Waals surface area contributed by atoms with Crippen LogP contribution in [0.1, 0.15) is 19.4 Å². The SMILES string of the molecule is CC(C)NCCc1ccnc2ccccc12. The third kappa shape index (κ3) is 2.58. The Kier molecular flexibility index (Phi) is 3.52. The molecule has 2 aromatic rings. The van der Waals surface area contributed by atoms with Gasteiger partial charge in [-0.3, -0.25) is 4.98 Å². The number of nitrogens with zero attached hydrogens (tertiary/aromatic N) is 1. The van der Waals surface area contributed by atoms with Crippen LogP contribution in [0.15, 0.2) is 36.5 Å². The van der Waals surface area contributed by atoms with Crippen molar-refractivity contribution in [3.8, 4) is 0 Å². The summed E-state index contributed by atoms with van der Waals surface area (Å²) in [6, 6.07) is 11.0. The van der Waals surface area contributed by atoms with Gasteiger partial charge in [0, 0.05) is 17.6 Å². The van der Waals surface area contributed by atoms with E-state index >= 15 is 0 Å². The van der Waals surface area contributed by atoms with Gasteiger partial charge in [0.25, 0.3) is 0 Å². The van der Waals surface area contributed by atoms with Gasteiger partial charge in [0.1, 0.15) is 0 Å². The van der Waals surface area contributed by atoms with Gasteiger partial charge in [-0.2, -0.15) is 0 Å². The molecule has 1 heterocycles. The molecule has 2 nitrogen and oxygen atoms in total. The van der Waals surface area contributed by atoms with Crippen molar-refractivity contribution in [2.45, 2.75) is 26.3 Å². The minimum absolute atomic E-state index is 0.549. The minimum Gasteiger partial charge on any atom is -0.314 e. The Balaban J connectivity index is 2.17. The highest BCUT2D eigenvalue weighted by Crippen LogP contribution is 2.16. The Morgan fingerprint density at radius 1 is 1.19 bits per heavy atom. The van der Waals surface area contributed by atoms with Gasteiger partial charge in [0.2, 0.25) is 0 Å². The number of hydrogen-bond acceptors (Lipinski definition) is 2. The summed E-state index contributed by atoms with van der Waals surface area (Å²) >= 11 is 0. The molecule has 1 aromatic heterocycles. The number of aromatic nitrogens is 1. The van der Waals surface area contributed by atoms with Crippen molar-refractivity contribution in [3.63, 3.8) is 0 Å². The summed E-state index contributed by atoms with van der Waals surface area (Å²) < 4.78 is 0. The lowest BCUT2D eigenvalue weighted by atomic mass is 10.1. The number of rotatable bonds is 4. The Morgan fingerprint density at radius 2 is 2.00 bits per heavy atom. The maximum absolute atomic E-state index is 4.36. The predicted molar refractivity (Wildman–Crippen MR) is 68.6 cm³/mol. The molecular formula is C14H18N2. The van der Waals surface area contributed by atoms with E-state index in [9.17, 15) is 0 Å². The fourth-order valence-corrected chi connectivity index (χ4v) is 1.87. The first-order chi connectivity index (χ1) is 7.77. The first-order valence-electron chi connectivity index (χ1n) is 5.83. The maximum Gasteiger partial charge on any atom is 0.0704 e. The average molecular weight is 214 g/mol. The molecule has 0 unspecified atom stereocenters. The number of fused-ring (bicyclic) bond motifs is 1. The maximum atomic E-state index is 4.36. The number of hydrogen-bond donors (Lipinski definition) is 1. The molecule has 0 saturated heterocycles. The molecule has 0 aliphatic carbocycles. The van der Waals surface area contributed by atoms with E-state index in [4.69, 9.17) is 0 Å². The standard InChI is InChI=1S/C14H18N2/c1-11(2)15-9-7-12-8-10-16-14-6-4-3-5-13(12)14/h3-6,8,10-11,15H,7,9H2,1-2H3. The van der Waals surface area contributed by atoms with Crippen molar-refractivity contribution < 1.29 is 0 Å². The molecule has 0 spiro atoms. The summed E-state index contributed by atoms with van der Waals surface area (Å²) in [4.78, 5) is 4.36. The molecule has 1 aromatic carbocycles. The van der Waals surface area contributed by atoms with E-state index in [1.54, 1.807) is 0 Å². The number of para-hydroxylation sites is 1. The van der Waals surface area contributed by atoms with E-state index in [1.165, 1.54) is 10.9 Å². The van der Waals surface area contributed by atoms with Crippen molar-refractivity contribution in [3.05, 3.63) is 42.1 Å². The van der Waals surface area contributed by atoms with Crippen LogP contribution in [0.2, 0.25) is 0 Å². The van der Waals surface area contributed by atoms with Crippen molar-refractivity contribution in [2.24, 2.45) is 0 Å². The summed E-state index contributed by atoms with van der Waals surface area (Å²) in [6.45, 7) is 5.36. The summed E-state index contributed by atoms with van der Waals surface area (Å²) in [6.07, 6.45) is 2.95. The molecule has 84 valence electrons. The van der Waals surface area contributed by atoms with Gasteiger partial charge >= 0.3 is 0 Å². The van der Waals surface area contributed by atoms with Gasteiger partial charge in [-0.25, -0.2) is 0 Å². The van der Waals surface area contributed by atoms with Crippen LogP contribution < -0.4 is 5.32 Å². The van der Waals surface area contributed by atoms with Gasteiger partial charge in [0.15, 0.2) is 0 Å². The van der Waals surface area contributed by atoms with Gasteiger partial charge in [-0.1, -0.05) is 32.0 Å². The summed E-state index contributed by atoms with van der Waals surface area (Å²) in [7, 11) is 0. The van der Waals surface area contributed by atoms with Crippen molar-refractivity contribution in [2.75, 3.05) is 6.54 Å². The Hall–Kier alpha value is -1.41. The van der Waals surface area contributed by atoms with Gasteiger partial charge in [-0.05, 0) is 30.7 Å². The van der Waals surface area contributed by atoms with Crippen LogP contribution in [0, 0.1) is 0 Å². The van der Waals surface area contributed by atoms with E-state index in [0.29, 0.717) is 6.04 Å². The normalized spacial score (nSPS) is 11.2. The van der Waals surface area contributed by atoms with E-state index < -0.39 is 0 Å². The molecule has 0 fully saturated rings. The van der Waals surface area contributed by atoms with Gasteiger partial charge < -0.3 is 5.32 Å². The lowest BCUT2D eigenvalue weighted by Crippen LogP contribution is -2.25. The lowest BCUT2D eigenvalue weighted by molar-refractivity contribution is 0.591. The molecule has 0 amide bonds. The molecule has 0 aliphatic heterocycles. The molecule has 0 aliphatic rings. The summed E-state index contributed by atoms with van der Waals surface area (Å²) in [5.41, 5.74) is 2.46. The highest BCUT2D eigenvalue weighted by atomic mass is 14.9. The highest BCUT2D eigenvalue weighted by molar-refractivity contribution is 5.81. The molecule has 2 heteroatoms. The third-order valence-electron chi connectivity index (χ3n) is 2.69. The first-order valence-corrected chi connectivity index (χ1v) is 5.83. The second kappa shape index (κ2) is 5.08. The van der Waals surface area contributed by atoms with E-state index in [-0.39, 0.29) is 0 Å². The fourth-order valence-electron chi connectivity index (χ4n) is 1.87. The molecule has 1 N–H and O–H groups in total. The zero-order valence-electron chi connectivity index (χ0n) is 9.90. The quantitative estimate of drug-likeness (QED) is 0.846. The zero-order chi connectivity index (χ0) is 11.4. The molecule has 0 bridgehead atoms. The Labute approximate surface area is 96.7 Å². The first kappa shape index (κ1) is 11.1. The molecule has 16 heavy (non-hydrogen) atoms. The Bertz CT molecular complexity index is 458. The molecule has 0 atom stereocenters. The lowest BCUT2D eigenvalue weighted by Gasteiger charge is -2.09. The van der Waals surface area contributed by atoms with Crippen LogP contribution in [-0.2, 0) is 6.42 Å². The van der Waals surface area contributed by atoms with Crippen molar-refractivity contribution >= 4 is 10.9 Å². The molecule has 0 saturated carbocycles. The largest absolute Gasteiger partial charge is 0.314 e. The van der Waals surface area contributed by atoms with Crippen LogP contribution in [-0.4, -0.2) is 17.6 Å². The zero-order valence-corrected chi connectivity index (χ0v) is 9.90. The highest BCUT2D eigenvalue weighted by Gasteiger charge is 2.01. The van der Waals surface area contributed by atoms with Crippen LogP contribution in [0.3, 0.4) is 0 Å². The number of pyridine rings is 1. The van der Waals surface area contributed by atoms with Crippen LogP contribution in [0.5, 0.6) is 0 Å². The molecule has 0 radical (unpaired) electrons. The Morgan fingerprint density at radius 3 is 2.81 bits per heavy atom. The van der Waals surface area contributed by atoms with E-state index in [2.05, 4.69) is 48.4 Å². The van der Waals surface area contributed by atoms with Crippen LogP contribution in [0.25, 0.3) is 10.9 Å². The summed E-state index contributed by atoms with van der Waals surface area (Å²) in [5.74, 6) is 0. The van der Waals surface area contributed by atoms with Crippen LogP contribution >= 0.6 is 0 Å². The minimum atomic E-state index is 0.549. The molecular weight excluding hydrogens is 196 g/mol. The van der Waals surface area contributed by atoms with Crippen LogP contribution in [0.4, 0.5) is 0 Å². The second-order valence-corrected chi connectivity index (χ2v) is 4.35. The summed E-state index contributed by atoms with van der Waals surface area (Å²) in [5, 5.41) is 4.71. The topological polar surface area (TPSA) is 24.9 Å².